The second-order valence-electron chi connectivity index (χ2n) is 9.70. The van der Waals surface area contributed by atoms with E-state index in [1.165, 1.54) is 38.5 Å². The molecule has 5 nitrogen and oxygen atoms in total. The average molecular weight is 384 g/mol. The second kappa shape index (κ2) is 7.41. The number of carbonyl (C=O) groups excluding carboxylic acids is 2. The lowest BCUT2D eigenvalue weighted by atomic mass is 9.48. The fourth-order valence-electron chi connectivity index (χ4n) is 6.32. The molecule has 0 aliphatic heterocycles. The minimum Gasteiger partial charge on any atom is -0.376 e. The average Bonchev–Trinajstić information content (AvgIpc) is 2.65. The molecule has 4 bridgehead atoms. The molecule has 152 valence electrons. The summed E-state index contributed by atoms with van der Waals surface area (Å²) in [5, 5.41) is 6.47. The van der Waals surface area contributed by atoms with Gasteiger partial charge in [0.25, 0.3) is 5.91 Å². The highest BCUT2D eigenvalue weighted by molar-refractivity contribution is 5.94. The third-order valence-corrected chi connectivity index (χ3v) is 7.37. The van der Waals surface area contributed by atoms with Gasteiger partial charge in [0.1, 0.15) is 0 Å². The molecule has 1 aromatic rings. The fourth-order valence-corrected chi connectivity index (χ4v) is 6.32. The molecule has 28 heavy (non-hydrogen) atoms. The molecule has 0 radical (unpaired) electrons. The monoisotopic (exact) mass is 383 g/mol. The Morgan fingerprint density at radius 3 is 2.07 bits per heavy atom. The van der Waals surface area contributed by atoms with Gasteiger partial charge in [0.15, 0.2) is 0 Å². The zero-order valence-electron chi connectivity index (χ0n) is 17.3. The van der Waals surface area contributed by atoms with Gasteiger partial charge in [-0.1, -0.05) is 0 Å². The smallest absolute Gasteiger partial charge is 0.253 e. The highest BCUT2D eigenvalue weighted by atomic mass is 16.2. The number of benzene rings is 1. The van der Waals surface area contributed by atoms with Gasteiger partial charge in [-0.15, -0.1) is 0 Å². The number of hydrogen-bond donors (Lipinski definition) is 2. The third kappa shape index (κ3) is 3.76. The molecule has 0 aromatic heterocycles. The van der Waals surface area contributed by atoms with Crippen molar-refractivity contribution in [3.05, 3.63) is 29.8 Å². The highest BCUT2D eigenvalue weighted by Crippen LogP contribution is 2.61. The van der Waals surface area contributed by atoms with Crippen LogP contribution >= 0.6 is 0 Å². The van der Waals surface area contributed by atoms with Gasteiger partial charge >= 0.3 is 0 Å². The van der Waals surface area contributed by atoms with Crippen LogP contribution in [0.4, 0.5) is 5.69 Å². The molecule has 2 amide bonds. The second-order valence-corrected chi connectivity index (χ2v) is 9.70. The highest BCUT2D eigenvalue weighted by Gasteiger charge is 2.53. The number of nitrogens with one attached hydrogen (secondary N) is 2. The molecule has 4 saturated carbocycles. The van der Waals surface area contributed by atoms with Crippen LogP contribution in [0.5, 0.6) is 0 Å². The van der Waals surface area contributed by atoms with Crippen molar-refractivity contribution in [2.24, 2.45) is 23.2 Å². The van der Waals surface area contributed by atoms with Crippen LogP contribution in [0, 0.1) is 23.2 Å². The molecule has 0 spiro atoms. The Kier molecular flexibility index (Phi) is 5.11. The standard InChI is InChI=1S/C23H33N3O2/c1-15(23-11-16-8-17(12-23)10-18(9-16)13-23)25-21(27)14-24-20-6-4-19(5-7-20)22(28)26(2)3/h4-7,15-18,24H,8-14H2,1-3H3,(H,25,27)/t15-,16?,17?,18?,23?/m0/s1. The summed E-state index contributed by atoms with van der Waals surface area (Å²) in [7, 11) is 3.48. The summed E-state index contributed by atoms with van der Waals surface area (Å²) in [4.78, 5) is 26.1. The maximum absolute atomic E-state index is 12.5. The number of anilines is 1. The van der Waals surface area contributed by atoms with E-state index in [0.29, 0.717) is 11.0 Å². The predicted molar refractivity (Wildman–Crippen MR) is 111 cm³/mol. The lowest BCUT2D eigenvalue weighted by Crippen LogP contribution is -2.56. The van der Waals surface area contributed by atoms with Crippen LogP contribution in [0.2, 0.25) is 0 Å². The largest absolute Gasteiger partial charge is 0.376 e. The lowest BCUT2D eigenvalue weighted by molar-refractivity contribution is -0.124. The summed E-state index contributed by atoms with van der Waals surface area (Å²) in [6.45, 7) is 2.48. The van der Waals surface area contributed by atoms with Gasteiger partial charge in [-0.3, -0.25) is 9.59 Å². The SMILES string of the molecule is C[C@H](NC(=O)CNc1ccc(C(=O)N(C)C)cc1)C12CC3CC(CC(C3)C1)C2. The number of amides is 2. The Bertz CT molecular complexity index is 705. The Hall–Kier alpha value is -2.04. The summed E-state index contributed by atoms with van der Waals surface area (Å²) in [5.41, 5.74) is 1.84. The quantitative estimate of drug-likeness (QED) is 0.790. The molecule has 4 aliphatic rings. The van der Waals surface area contributed by atoms with E-state index in [2.05, 4.69) is 17.6 Å². The first-order chi connectivity index (χ1) is 13.3. The van der Waals surface area contributed by atoms with Crippen LogP contribution in [-0.4, -0.2) is 43.4 Å². The Morgan fingerprint density at radius 1 is 1.04 bits per heavy atom. The van der Waals surface area contributed by atoms with Gasteiger partial charge in [0.2, 0.25) is 5.91 Å². The maximum atomic E-state index is 12.5. The first-order valence-electron chi connectivity index (χ1n) is 10.7. The van der Waals surface area contributed by atoms with Crippen molar-refractivity contribution in [1.82, 2.24) is 10.2 Å². The van der Waals surface area contributed by atoms with Crippen LogP contribution < -0.4 is 10.6 Å². The molecule has 4 aliphatic carbocycles. The Morgan fingerprint density at radius 2 is 1.57 bits per heavy atom. The summed E-state index contributed by atoms with van der Waals surface area (Å²) in [6, 6.07) is 7.54. The minimum absolute atomic E-state index is 0.0197. The lowest BCUT2D eigenvalue weighted by Gasteiger charge is -2.59. The van der Waals surface area contributed by atoms with Crippen molar-refractivity contribution < 1.29 is 9.59 Å². The predicted octanol–water partition coefficient (Wildman–Crippen LogP) is 3.52. The molecule has 0 heterocycles. The number of carbonyl (C=O) groups is 2. The summed E-state index contributed by atoms with van der Waals surface area (Å²) >= 11 is 0. The first-order valence-corrected chi connectivity index (χ1v) is 10.7. The number of rotatable bonds is 6. The summed E-state index contributed by atoms with van der Waals surface area (Å²) < 4.78 is 0. The van der Waals surface area contributed by atoms with Gasteiger partial charge in [0, 0.05) is 31.4 Å². The summed E-state index contributed by atoms with van der Waals surface area (Å²) in [6.07, 6.45) is 8.18. The van der Waals surface area contributed by atoms with Gasteiger partial charge in [-0.2, -0.15) is 0 Å². The molecule has 2 N–H and O–H groups in total. The van der Waals surface area contributed by atoms with Crippen LogP contribution in [0.1, 0.15) is 55.8 Å². The molecule has 1 atom stereocenters. The maximum Gasteiger partial charge on any atom is 0.253 e. The topological polar surface area (TPSA) is 61.4 Å². The molecule has 5 rings (SSSR count). The summed E-state index contributed by atoms with van der Waals surface area (Å²) in [5.74, 6) is 2.72. The molecule has 5 heteroatoms. The van der Waals surface area contributed by atoms with Gasteiger partial charge in [0.05, 0.1) is 6.54 Å². The van der Waals surface area contributed by atoms with Crippen molar-refractivity contribution >= 4 is 17.5 Å². The zero-order chi connectivity index (χ0) is 19.9. The van der Waals surface area contributed by atoms with Crippen LogP contribution in [0.25, 0.3) is 0 Å². The zero-order valence-corrected chi connectivity index (χ0v) is 17.3. The van der Waals surface area contributed by atoms with Crippen molar-refractivity contribution in [2.45, 2.75) is 51.5 Å². The van der Waals surface area contributed by atoms with Crippen molar-refractivity contribution in [2.75, 3.05) is 26.0 Å². The van der Waals surface area contributed by atoms with E-state index >= 15 is 0 Å². The third-order valence-electron chi connectivity index (χ3n) is 7.37. The van der Waals surface area contributed by atoms with E-state index in [1.54, 1.807) is 31.1 Å². The Balaban J connectivity index is 1.29. The molecular weight excluding hydrogens is 350 g/mol. The van der Waals surface area contributed by atoms with Crippen LogP contribution in [0.3, 0.4) is 0 Å². The van der Waals surface area contributed by atoms with Crippen molar-refractivity contribution in [3.63, 3.8) is 0 Å². The van der Waals surface area contributed by atoms with Gasteiger partial charge in [-0.25, -0.2) is 0 Å². The van der Waals surface area contributed by atoms with E-state index in [0.717, 1.165) is 23.4 Å². The number of hydrogen-bond acceptors (Lipinski definition) is 3. The fraction of sp³-hybridized carbons (Fsp3) is 0.652. The molecular formula is C23H33N3O2. The minimum atomic E-state index is -0.0197. The van der Waals surface area contributed by atoms with Gasteiger partial charge < -0.3 is 15.5 Å². The van der Waals surface area contributed by atoms with Crippen molar-refractivity contribution in [3.8, 4) is 0 Å². The van der Waals surface area contributed by atoms with E-state index < -0.39 is 0 Å². The first kappa shape index (κ1) is 19.3. The molecule has 4 fully saturated rings. The molecule has 1 aromatic carbocycles. The van der Waals surface area contributed by atoms with Crippen LogP contribution in [-0.2, 0) is 4.79 Å². The molecule has 0 unspecified atom stereocenters. The van der Waals surface area contributed by atoms with E-state index in [-0.39, 0.29) is 24.4 Å². The van der Waals surface area contributed by atoms with Crippen LogP contribution in [0.15, 0.2) is 24.3 Å². The van der Waals surface area contributed by atoms with Crippen molar-refractivity contribution in [1.29, 1.82) is 0 Å². The normalized spacial score (nSPS) is 31.3. The van der Waals surface area contributed by atoms with E-state index in [1.807, 2.05) is 12.1 Å². The van der Waals surface area contributed by atoms with E-state index in [9.17, 15) is 9.59 Å². The molecule has 0 saturated heterocycles. The van der Waals surface area contributed by atoms with E-state index in [4.69, 9.17) is 0 Å². The van der Waals surface area contributed by atoms with Gasteiger partial charge in [-0.05, 0) is 92.9 Å². The Labute approximate surface area is 168 Å². The number of nitrogens with zero attached hydrogens (tertiary/aromatic N) is 1.